The number of hydrogen-bond donors (Lipinski definition) is 1. The van der Waals surface area contributed by atoms with Gasteiger partial charge >= 0.3 is 7.12 Å². The predicted molar refractivity (Wildman–Crippen MR) is 120 cm³/mol. The second-order valence-corrected chi connectivity index (χ2v) is 8.68. The zero-order chi connectivity index (χ0) is 22.1. The van der Waals surface area contributed by atoms with Gasteiger partial charge in [-0.2, -0.15) is 0 Å². The van der Waals surface area contributed by atoms with Crippen LogP contribution in [0.25, 0.3) is 6.08 Å². The molecule has 0 radical (unpaired) electrons. The van der Waals surface area contributed by atoms with Gasteiger partial charge in [0.2, 0.25) is 0 Å². The summed E-state index contributed by atoms with van der Waals surface area (Å²) in [5.41, 5.74) is 8.25. The maximum atomic E-state index is 13.0. The molecule has 0 spiro atoms. The minimum atomic E-state index is -0.483. The van der Waals surface area contributed by atoms with Crippen LogP contribution in [0.15, 0.2) is 28.8 Å². The van der Waals surface area contributed by atoms with Gasteiger partial charge in [0.15, 0.2) is 0 Å². The normalized spacial score (nSPS) is 19.6. The second kappa shape index (κ2) is 8.53. The number of hydrogen-bond acceptors (Lipinski definition) is 6. The third-order valence-corrected chi connectivity index (χ3v) is 5.76. The van der Waals surface area contributed by atoms with Crippen molar-refractivity contribution in [2.24, 2.45) is 10.7 Å². The Labute approximate surface area is 179 Å². The Morgan fingerprint density at radius 2 is 1.90 bits per heavy atom. The lowest BCUT2D eigenvalue weighted by atomic mass is 9.78. The van der Waals surface area contributed by atoms with Crippen molar-refractivity contribution < 1.29 is 18.9 Å². The Bertz CT molecular complexity index is 857. The maximum absolute atomic E-state index is 13.0. The molecule has 1 fully saturated rings. The monoisotopic (exact) mass is 413 g/mol. The van der Waals surface area contributed by atoms with Crippen LogP contribution in [-0.4, -0.2) is 48.3 Å². The molecular formula is C22H32BN3O4. The van der Waals surface area contributed by atoms with E-state index in [1.165, 1.54) is 5.06 Å². The first-order chi connectivity index (χ1) is 14.1. The van der Waals surface area contributed by atoms with Gasteiger partial charge in [-0.15, -0.1) is 0 Å². The van der Waals surface area contributed by atoms with Crippen LogP contribution in [0.2, 0.25) is 0 Å². The summed E-state index contributed by atoms with van der Waals surface area (Å²) in [5.74, 6) is 0.201. The van der Waals surface area contributed by atoms with Crippen LogP contribution in [0.3, 0.4) is 0 Å². The number of carbonyl (C=O) groups is 1. The summed E-state index contributed by atoms with van der Waals surface area (Å²) >= 11 is 0. The van der Waals surface area contributed by atoms with E-state index in [1.807, 2.05) is 65.8 Å². The lowest BCUT2D eigenvalue weighted by Gasteiger charge is -2.32. The number of nitrogens with zero attached hydrogens (tertiary/aromatic N) is 2. The highest BCUT2D eigenvalue weighted by Gasteiger charge is 2.51. The third kappa shape index (κ3) is 4.45. The van der Waals surface area contributed by atoms with Crippen LogP contribution >= 0.6 is 0 Å². The first-order valence-electron chi connectivity index (χ1n) is 10.6. The Kier molecular flexibility index (Phi) is 6.41. The molecule has 1 aromatic carbocycles. The molecule has 0 saturated carbocycles. The molecule has 3 rings (SSSR count). The van der Waals surface area contributed by atoms with Crippen LogP contribution < -0.4 is 11.2 Å². The fourth-order valence-corrected chi connectivity index (χ4v) is 3.41. The molecule has 2 aliphatic rings. The van der Waals surface area contributed by atoms with Crippen LogP contribution in [0.5, 0.6) is 0 Å². The number of benzene rings is 1. The average molecular weight is 413 g/mol. The third-order valence-electron chi connectivity index (χ3n) is 5.76. The molecule has 162 valence electrons. The van der Waals surface area contributed by atoms with Crippen molar-refractivity contribution in [3.05, 3.63) is 29.3 Å². The maximum Gasteiger partial charge on any atom is 0.494 e. The van der Waals surface area contributed by atoms with Gasteiger partial charge in [0, 0.05) is 24.1 Å². The smallest absolute Gasteiger partial charge is 0.399 e. The van der Waals surface area contributed by atoms with E-state index >= 15 is 0 Å². The Hall–Kier alpha value is -2.16. The van der Waals surface area contributed by atoms with E-state index in [2.05, 4.69) is 4.99 Å². The Morgan fingerprint density at radius 3 is 2.50 bits per heavy atom. The van der Waals surface area contributed by atoms with Crippen molar-refractivity contribution in [1.29, 1.82) is 0 Å². The van der Waals surface area contributed by atoms with Crippen molar-refractivity contribution in [3.8, 4) is 0 Å². The second-order valence-electron chi connectivity index (χ2n) is 8.68. The minimum Gasteiger partial charge on any atom is -0.399 e. The molecule has 8 heteroatoms. The largest absolute Gasteiger partial charge is 0.494 e. The van der Waals surface area contributed by atoms with E-state index in [0.29, 0.717) is 30.2 Å². The number of carbonyl (C=O) groups excluding carboxylic acids is 1. The topological polar surface area (TPSA) is 86.4 Å². The molecule has 0 aromatic heterocycles. The summed E-state index contributed by atoms with van der Waals surface area (Å²) in [6.45, 7) is 12.9. The molecule has 0 aliphatic carbocycles. The molecule has 0 unspecified atom stereocenters. The number of hydroxylamine groups is 2. The molecule has 2 N–H and O–H groups in total. The minimum absolute atomic E-state index is 0.181. The molecule has 1 aromatic rings. The van der Waals surface area contributed by atoms with Crippen molar-refractivity contribution in [1.82, 2.24) is 5.06 Å². The highest BCUT2D eigenvalue weighted by molar-refractivity contribution is 6.62. The van der Waals surface area contributed by atoms with Crippen molar-refractivity contribution in [2.45, 2.75) is 65.6 Å². The molecule has 1 amide bonds. The summed E-state index contributed by atoms with van der Waals surface area (Å²) < 4.78 is 12.3. The summed E-state index contributed by atoms with van der Waals surface area (Å²) in [6.07, 6.45) is 2.92. The summed E-state index contributed by atoms with van der Waals surface area (Å²) in [4.78, 5) is 23.1. The van der Waals surface area contributed by atoms with Gasteiger partial charge in [0.1, 0.15) is 5.84 Å². The van der Waals surface area contributed by atoms with Crippen molar-refractivity contribution in [3.63, 3.8) is 0 Å². The number of nitrogens with two attached hydrogens (primary N) is 1. The van der Waals surface area contributed by atoms with Gasteiger partial charge < -0.3 is 15.0 Å². The van der Waals surface area contributed by atoms with Crippen LogP contribution in [0.4, 0.5) is 5.69 Å². The number of aliphatic imine (C=N–C) groups is 1. The fourth-order valence-electron chi connectivity index (χ4n) is 3.41. The van der Waals surface area contributed by atoms with E-state index in [4.69, 9.17) is 19.9 Å². The Morgan fingerprint density at radius 1 is 1.23 bits per heavy atom. The zero-order valence-corrected chi connectivity index (χ0v) is 18.8. The van der Waals surface area contributed by atoms with Gasteiger partial charge in [0.05, 0.1) is 23.5 Å². The lowest BCUT2D eigenvalue weighted by Crippen LogP contribution is -2.41. The number of amides is 1. The molecule has 0 bridgehead atoms. The highest BCUT2D eigenvalue weighted by Crippen LogP contribution is 2.37. The fraction of sp³-hybridized carbons (Fsp3) is 0.545. The average Bonchev–Trinajstić information content (AvgIpc) is 2.79. The molecule has 7 nitrogen and oxygen atoms in total. The van der Waals surface area contributed by atoms with E-state index < -0.39 is 18.3 Å². The number of fused-ring (bicyclic) bond motifs is 1. The molecule has 1 saturated heterocycles. The van der Waals surface area contributed by atoms with Gasteiger partial charge in [-0.1, -0.05) is 19.1 Å². The SMILES string of the molecule is CCCN(OCC)C(=O)C1=Cc2ccc(B3OC(C)(C)C(C)(C)O3)cc2N=C(N)C1. The van der Waals surface area contributed by atoms with E-state index in [0.717, 1.165) is 17.4 Å². The molecule has 0 atom stereocenters. The summed E-state index contributed by atoms with van der Waals surface area (Å²) in [7, 11) is -0.483. The highest BCUT2D eigenvalue weighted by atomic mass is 16.7. The van der Waals surface area contributed by atoms with Crippen molar-refractivity contribution in [2.75, 3.05) is 13.2 Å². The van der Waals surface area contributed by atoms with Crippen LogP contribution in [0.1, 0.15) is 59.9 Å². The van der Waals surface area contributed by atoms with Crippen LogP contribution in [-0.2, 0) is 18.9 Å². The van der Waals surface area contributed by atoms with E-state index in [-0.39, 0.29) is 12.3 Å². The standard InChI is InChI=1S/C22H32BN3O4/c1-7-11-26(28-8-2)20(27)16-12-15-9-10-17(14-18(15)25-19(24)13-16)23-29-21(3,4)22(5,6)30-23/h9-10,12,14H,7-8,11,13H2,1-6H3,(H2,24,25). The predicted octanol–water partition coefficient (Wildman–Crippen LogP) is 2.95. The lowest BCUT2D eigenvalue weighted by molar-refractivity contribution is -0.180. The quantitative estimate of drug-likeness (QED) is 0.573. The van der Waals surface area contributed by atoms with E-state index in [9.17, 15) is 4.79 Å². The summed E-state index contributed by atoms with van der Waals surface area (Å²) in [6, 6.07) is 5.79. The van der Waals surface area contributed by atoms with E-state index in [1.54, 1.807) is 0 Å². The van der Waals surface area contributed by atoms with Gasteiger partial charge in [0.25, 0.3) is 5.91 Å². The van der Waals surface area contributed by atoms with Crippen molar-refractivity contribution >= 4 is 36.1 Å². The number of amidine groups is 1. The van der Waals surface area contributed by atoms with Gasteiger partial charge in [-0.05, 0) is 58.6 Å². The Balaban J connectivity index is 1.91. The number of rotatable bonds is 6. The molecular weight excluding hydrogens is 381 g/mol. The zero-order valence-electron chi connectivity index (χ0n) is 18.8. The first kappa shape index (κ1) is 22.5. The van der Waals surface area contributed by atoms with Gasteiger partial charge in [-0.3, -0.25) is 9.63 Å². The molecule has 30 heavy (non-hydrogen) atoms. The molecule has 2 aliphatic heterocycles. The first-order valence-corrected chi connectivity index (χ1v) is 10.6. The van der Waals surface area contributed by atoms with Crippen LogP contribution in [0, 0.1) is 0 Å². The summed E-state index contributed by atoms with van der Waals surface area (Å²) in [5, 5.41) is 1.41. The van der Waals surface area contributed by atoms with Gasteiger partial charge in [-0.25, -0.2) is 10.1 Å². The molecule has 2 heterocycles.